The molecule has 2 heterocycles. The molecule has 4 nitrogen and oxygen atoms in total. The summed E-state index contributed by atoms with van der Waals surface area (Å²) in [4.78, 5) is 14.3. The molecule has 0 unspecified atom stereocenters. The van der Waals surface area contributed by atoms with E-state index in [1.807, 2.05) is 18.3 Å². The van der Waals surface area contributed by atoms with Crippen LogP contribution in [-0.2, 0) is 0 Å². The van der Waals surface area contributed by atoms with Gasteiger partial charge in [-0.3, -0.25) is 4.79 Å². The second-order valence-electron chi connectivity index (χ2n) is 5.17. The van der Waals surface area contributed by atoms with Crippen LogP contribution in [0.4, 0.5) is 0 Å². The summed E-state index contributed by atoms with van der Waals surface area (Å²) < 4.78 is 0. The molecule has 2 aromatic carbocycles. The molecule has 4 aromatic rings. The largest absolute Gasteiger partial charge is 0.361 e. The van der Waals surface area contributed by atoms with Crippen molar-refractivity contribution in [3.8, 4) is 22.4 Å². The van der Waals surface area contributed by atoms with E-state index < -0.39 is 0 Å². The lowest BCUT2D eigenvalue weighted by molar-refractivity contribution is 0.995. The van der Waals surface area contributed by atoms with Crippen molar-refractivity contribution in [2.45, 2.75) is 0 Å². The Morgan fingerprint density at radius 1 is 0.818 bits per heavy atom. The monoisotopic (exact) mass is 287 g/mol. The molecule has 0 atom stereocenters. The van der Waals surface area contributed by atoms with Crippen molar-refractivity contribution in [2.24, 2.45) is 0 Å². The maximum atomic E-state index is 11.1. The Labute approximate surface area is 126 Å². The van der Waals surface area contributed by atoms with Crippen molar-refractivity contribution in [1.82, 2.24) is 15.2 Å². The average molecular weight is 287 g/mol. The van der Waals surface area contributed by atoms with E-state index >= 15 is 0 Å². The Morgan fingerprint density at radius 2 is 1.68 bits per heavy atom. The van der Waals surface area contributed by atoms with Gasteiger partial charge in [-0.2, -0.15) is 5.10 Å². The molecule has 2 N–H and O–H groups in total. The summed E-state index contributed by atoms with van der Waals surface area (Å²) in [6.07, 6.45) is 1.94. The van der Waals surface area contributed by atoms with Crippen LogP contribution in [0.15, 0.2) is 71.7 Å². The maximum absolute atomic E-state index is 11.1. The molecule has 106 valence electrons. The molecule has 0 bridgehead atoms. The molecule has 0 saturated carbocycles. The fourth-order valence-corrected chi connectivity index (χ4v) is 2.59. The minimum absolute atomic E-state index is 0.197. The van der Waals surface area contributed by atoms with E-state index in [2.05, 4.69) is 51.6 Å². The number of aromatic amines is 2. The van der Waals surface area contributed by atoms with E-state index in [0.717, 1.165) is 27.9 Å². The fraction of sp³-hybridized carbons (Fsp3) is 0. The predicted octanol–water partition coefficient (Wildman–Crippen LogP) is 3.59. The van der Waals surface area contributed by atoms with Gasteiger partial charge in [0.05, 0.1) is 5.69 Å². The molecular formula is C18H13N3O. The number of hydrogen-bond donors (Lipinski definition) is 2. The van der Waals surface area contributed by atoms with Gasteiger partial charge < -0.3 is 4.98 Å². The van der Waals surface area contributed by atoms with Crippen LogP contribution in [0.3, 0.4) is 0 Å². The average Bonchev–Trinajstić information content (AvgIpc) is 3.03. The Hall–Kier alpha value is -3.14. The van der Waals surface area contributed by atoms with E-state index in [0.29, 0.717) is 0 Å². The molecule has 4 heteroatoms. The third-order valence-electron chi connectivity index (χ3n) is 3.73. The first-order valence-corrected chi connectivity index (χ1v) is 7.03. The fourth-order valence-electron chi connectivity index (χ4n) is 2.59. The van der Waals surface area contributed by atoms with Crippen LogP contribution in [0.2, 0.25) is 0 Å². The molecule has 0 saturated heterocycles. The summed E-state index contributed by atoms with van der Waals surface area (Å²) in [5.41, 5.74) is 4.90. The first-order chi connectivity index (χ1) is 10.8. The maximum Gasteiger partial charge on any atom is 0.264 e. The Kier molecular flexibility index (Phi) is 2.86. The van der Waals surface area contributed by atoms with Gasteiger partial charge in [-0.1, -0.05) is 30.3 Å². The van der Waals surface area contributed by atoms with Gasteiger partial charge in [-0.25, -0.2) is 5.10 Å². The van der Waals surface area contributed by atoms with Crippen LogP contribution in [0.5, 0.6) is 0 Å². The Morgan fingerprint density at radius 3 is 2.55 bits per heavy atom. The number of nitrogens with zero attached hydrogens (tertiary/aromatic N) is 1. The number of nitrogens with one attached hydrogen (secondary N) is 2. The molecule has 0 radical (unpaired) electrons. The molecule has 0 fully saturated rings. The second kappa shape index (κ2) is 5.00. The second-order valence-corrected chi connectivity index (χ2v) is 5.17. The van der Waals surface area contributed by atoms with E-state index in [9.17, 15) is 4.79 Å². The smallest absolute Gasteiger partial charge is 0.264 e. The number of fused-ring (bicyclic) bond motifs is 1. The highest BCUT2D eigenvalue weighted by Gasteiger charge is 2.04. The SMILES string of the molecule is O=c1ccc(-c2cccc(-c3ccc4cc[nH]c4c3)c2)n[nH]1. The summed E-state index contributed by atoms with van der Waals surface area (Å²) >= 11 is 0. The number of H-pyrrole nitrogens is 2. The lowest BCUT2D eigenvalue weighted by Crippen LogP contribution is -2.05. The standard InChI is InChI=1S/C18H13N3O/c22-18-7-6-16(20-21-18)15-3-1-2-13(10-15)14-5-4-12-8-9-19-17(12)11-14/h1-11,19H,(H,21,22). The molecule has 0 aliphatic rings. The predicted molar refractivity (Wildman–Crippen MR) is 87.6 cm³/mol. The summed E-state index contributed by atoms with van der Waals surface area (Å²) in [5.74, 6) is 0. The van der Waals surface area contributed by atoms with Gasteiger partial charge in [0.15, 0.2) is 0 Å². The molecule has 0 aliphatic heterocycles. The molecule has 0 aliphatic carbocycles. The van der Waals surface area contributed by atoms with Crippen LogP contribution in [-0.4, -0.2) is 15.2 Å². The van der Waals surface area contributed by atoms with Crippen molar-refractivity contribution < 1.29 is 0 Å². The number of rotatable bonds is 2. The van der Waals surface area contributed by atoms with Crippen LogP contribution in [0.1, 0.15) is 0 Å². The quantitative estimate of drug-likeness (QED) is 0.592. The van der Waals surface area contributed by atoms with E-state index in [4.69, 9.17) is 0 Å². The number of aromatic nitrogens is 3. The molecule has 22 heavy (non-hydrogen) atoms. The van der Waals surface area contributed by atoms with Gasteiger partial charge in [-0.15, -0.1) is 0 Å². The van der Waals surface area contributed by atoms with Crippen LogP contribution >= 0.6 is 0 Å². The highest BCUT2D eigenvalue weighted by atomic mass is 16.1. The van der Waals surface area contributed by atoms with Crippen LogP contribution in [0.25, 0.3) is 33.3 Å². The van der Waals surface area contributed by atoms with Crippen molar-refractivity contribution in [1.29, 1.82) is 0 Å². The zero-order chi connectivity index (χ0) is 14.9. The molecule has 2 aromatic heterocycles. The highest BCUT2D eigenvalue weighted by molar-refractivity contribution is 5.85. The zero-order valence-electron chi connectivity index (χ0n) is 11.7. The first-order valence-electron chi connectivity index (χ1n) is 7.03. The summed E-state index contributed by atoms with van der Waals surface area (Å²) in [5, 5.41) is 7.75. The van der Waals surface area contributed by atoms with Crippen molar-refractivity contribution in [3.05, 3.63) is 77.2 Å². The normalized spacial score (nSPS) is 10.9. The van der Waals surface area contributed by atoms with E-state index in [-0.39, 0.29) is 5.56 Å². The van der Waals surface area contributed by atoms with Crippen molar-refractivity contribution in [3.63, 3.8) is 0 Å². The van der Waals surface area contributed by atoms with Crippen LogP contribution < -0.4 is 5.56 Å². The van der Waals surface area contributed by atoms with Gasteiger partial charge in [-0.05, 0) is 40.8 Å². The molecule has 4 rings (SSSR count). The van der Waals surface area contributed by atoms with Gasteiger partial charge in [0, 0.05) is 23.3 Å². The Balaban J connectivity index is 1.80. The third-order valence-corrected chi connectivity index (χ3v) is 3.73. The lowest BCUT2D eigenvalue weighted by Gasteiger charge is -2.05. The van der Waals surface area contributed by atoms with Gasteiger partial charge in [0.2, 0.25) is 0 Å². The van der Waals surface area contributed by atoms with Crippen molar-refractivity contribution in [2.75, 3.05) is 0 Å². The summed E-state index contributed by atoms with van der Waals surface area (Å²) in [7, 11) is 0. The van der Waals surface area contributed by atoms with Crippen LogP contribution in [0, 0.1) is 0 Å². The summed E-state index contributed by atoms with van der Waals surface area (Å²) in [6, 6.07) is 19.7. The minimum Gasteiger partial charge on any atom is -0.361 e. The van der Waals surface area contributed by atoms with Crippen molar-refractivity contribution >= 4 is 10.9 Å². The lowest BCUT2D eigenvalue weighted by atomic mass is 10.0. The molecular weight excluding hydrogens is 274 g/mol. The van der Waals surface area contributed by atoms with Gasteiger partial charge in [0.25, 0.3) is 5.56 Å². The highest BCUT2D eigenvalue weighted by Crippen LogP contribution is 2.27. The van der Waals surface area contributed by atoms with E-state index in [1.54, 1.807) is 6.07 Å². The topological polar surface area (TPSA) is 61.5 Å². The zero-order valence-corrected chi connectivity index (χ0v) is 11.7. The molecule has 0 amide bonds. The number of hydrogen-bond acceptors (Lipinski definition) is 2. The summed E-state index contributed by atoms with van der Waals surface area (Å²) in [6.45, 7) is 0. The molecule has 0 spiro atoms. The van der Waals surface area contributed by atoms with Gasteiger partial charge >= 0.3 is 0 Å². The van der Waals surface area contributed by atoms with E-state index in [1.165, 1.54) is 11.5 Å². The minimum atomic E-state index is -0.197. The third kappa shape index (κ3) is 2.20. The first kappa shape index (κ1) is 12.6. The van der Waals surface area contributed by atoms with Gasteiger partial charge in [0.1, 0.15) is 0 Å². The Bertz CT molecular complexity index is 993. The number of benzene rings is 2.